The molecule has 14 heavy (non-hydrogen) atoms. The van der Waals surface area contributed by atoms with Crippen molar-refractivity contribution in [2.75, 3.05) is 6.61 Å². The van der Waals surface area contributed by atoms with Crippen LogP contribution < -0.4 is 4.74 Å². The lowest BCUT2D eigenvalue weighted by molar-refractivity contribution is 0.340. The number of hydrogen-bond donors (Lipinski definition) is 0. The van der Waals surface area contributed by atoms with E-state index >= 15 is 0 Å². The molecule has 75 valence electrons. The van der Waals surface area contributed by atoms with Crippen molar-refractivity contribution in [2.24, 2.45) is 0 Å². The third-order valence-corrected chi connectivity index (χ3v) is 2.94. The Morgan fingerprint density at radius 3 is 2.86 bits per heavy atom. The van der Waals surface area contributed by atoms with Crippen LogP contribution in [-0.2, 0) is 0 Å². The fourth-order valence-corrected chi connectivity index (χ4v) is 1.92. The lowest BCUT2D eigenvalue weighted by Gasteiger charge is -2.11. The molecule has 0 aliphatic carbocycles. The molecule has 0 aliphatic heterocycles. The lowest BCUT2D eigenvalue weighted by atomic mass is 10.0. The Labute approximate surface area is 99.3 Å². The van der Waals surface area contributed by atoms with Crippen molar-refractivity contribution in [3.05, 3.63) is 46.9 Å². The molecule has 0 amide bonds. The van der Waals surface area contributed by atoms with Crippen LogP contribution >= 0.6 is 22.6 Å². The van der Waals surface area contributed by atoms with Gasteiger partial charge in [-0.05, 0) is 60.2 Å². The minimum Gasteiger partial charge on any atom is -0.494 e. The highest BCUT2D eigenvalue weighted by Gasteiger charge is 2.07. The molecular formula is C12H14IO. The first-order chi connectivity index (χ1) is 6.69. The molecule has 1 unspecified atom stereocenters. The molecular weight excluding hydrogens is 287 g/mol. The Morgan fingerprint density at radius 1 is 1.57 bits per heavy atom. The average Bonchev–Trinajstić information content (AvgIpc) is 2.20. The summed E-state index contributed by atoms with van der Waals surface area (Å²) in [7, 11) is 0. The van der Waals surface area contributed by atoms with Crippen LogP contribution in [0.15, 0.2) is 30.9 Å². The van der Waals surface area contributed by atoms with Crippen LogP contribution in [0, 0.1) is 10.5 Å². The first-order valence-corrected chi connectivity index (χ1v) is 5.64. The van der Waals surface area contributed by atoms with E-state index in [1.165, 1.54) is 9.13 Å². The van der Waals surface area contributed by atoms with Gasteiger partial charge in [0.25, 0.3) is 0 Å². The molecule has 0 aliphatic rings. The molecule has 0 spiro atoms. The molecule has 0 fully saturated rings. The van der Waals surface area contributed by atoms with Crippen LogP contribution in [-0.4, -0.2) is 6.61 Å². The van der Waals surface area contributed by atoms with Crippen molar-refractivity contribution in [3.8, 4) is 5.75 Å². The minimum absolute atomic E-state index is 0.127. The van der Waals surface area contributed by atoms with E-state index in [2.05, 4.69) is 36.1 Å². The van der Waals surface area contributed by atoms with Crippen molar-refractivity contribution in [2.45, 2.75) is 12.8 Å². The van der Waals surface area contributed by atoms with Crippen LogP contribution in [0.3, 0.4) is 0 Å². The van der Waals surface area contributed by atoms with Gasteiger partial charge in [0.15, 0.2) is 0 Å². The fourth-order valence-electron chi connectivity index (χ4n) is 1.19. The molecule has 1 nitrogen and oxygen atoms in total. The maximum absolute atomic E-state index is 5.43. The number of halogens is 1. The summed E-state index contributed by atoms with van der Waals surface area (Å²) in [4.78, 5) is 0. The summed E-state index contributed by atoms with van der Waals surface area (Å²) in [6.07, 6.45) is 1.84. The zero-order valence-corrected chi connectivity index (χ0v) is 10.5. The summed E-state index contributed by atoms with van der Waals surface area (Å²) in [6.45, 7) is 10.4. The van der Waals surface area contributed by atoms with Gasteiger partial charge in [0.2, 0.25) is 0 Å². The van der Waals surface area contributed by atoms with Gasteiger partial charge in [-0.2, -0.15) is 0 Å². The van der Waals surface area contributed by atoms with E-state index in [1.54, 1.807) is 0 Å². The minimum atomic E-state index is 0.127. The maximum Gasteiger partial charge on any atom is 0.119 e. The SMILES string of the molecule is [CH2]C(C=C)c1cc(OCC)ccc1I. The van der Waals surface area contributed by atoms with Crippen molar-refractivity contribution in [1.82, 2.24) is 0 Å². The van der Waals surface area contributed by atoms with Crippen LogP contribution in [0.25, 0.3) is 0 Å². The van der Waals surface area contributed by atoms with Gasteiger partial charge in [-0.3, -0.25) is 0 Å². The van der Waals surface area contributed by atoms with Crippen molar-refractivity contribution in [3.63, 3.8) is 0 Å². The molecule has 0 aromatic heterocycles. The van der Waals surface area contributed by atoms with Gasteiger partial charge in [0.05, 0.1) is 6.61 Å². The highest BCUT2D eigenvalue weighted by Crippen LogP contribution is 2.26. The van der Waals surface area contributed by atoms with E-state index < -0.39 is 0 Å². The normalized spacial score (nSPS) is 12.2. The van der Waals surface area contributed by atoms with E-state index in [9.17, 15) is 0 Å². The molecule has 1 aromatic rings. The summed E-state index contributed by atoms with van der Waals surface area (Å²) in [5.41, 5.74) is 1.17. The van der Waals surface area contributed by atoms with E-state index in [0.717, 1.165) is 5.75 Å². The fraction of sp³-hybridized carbons (Fsp3) is 0.250. The molecule has 2 heteroatoms. The zero-order valence-electron chi connectivity index (χ0n) is 8.29. The summed E-state index contributed by atoms with van der Waals surface area (Å²) >= 11 is 2.30. The molecule has 1 rings (SSSR count). The van der Waals surface area contributed by atoms with Gasteiger partial charge >= 0.3 is 0 Å². The third kappa shape index (κ3) is 2.74. The van der Waals surface area contributed by atoms with Gasteiger partial charge in [-0.25, -0.2) is 0 Å². The molecule has 1 aromatic carbocycles. The van der Waals surface area contributed by atoms with Crippen LogP contribution in [0.1, 0.15) is 18.4 Å². The molecule has 0 saturated carbocycles. The average molecular weight is 301 g/mol. The lowest BCUT2D eigenvalue weighted by Crippen LogP contribution is -1.97. The second-order valence-electron chi connectivity index (χ2n) is 2.96. The highest BCUT2D eigenvalue weighted by atomic mass is 127. The Balaban J connectivity index is 3.01. The smallest absolute Gasteiger partial charge is 0.119 e. The van der Waals surface area contributed by atoms with E-state index in [1.807, 2.05) is 31.2 Å². The largest absolute Gasteiger partial charge is 0.494 e. The summed E-state index contributed by atoms with van der Waals surface area (Å²) < 4.78 is 6.63. The zero-order chi connectivity index (χ0) is 10.6. The Kier molecular flexibility index (Phi) is 4.45. The van der Waals surface area contributed by atoms with Crippen molar-refractivity contribution < 1.29 is 4.74 Å². The number of allylic oxidation sites excluding steroid dienone is 1. The molecule has 0 heterocycles. The molecule has 1 radical (unpaired) electrons. The topological polar surface area (TPSA) is 9.23 Å². The molecule has 1 atom stereocenters. The van der Waals surface area contributed by atoms with Gasteiger partial charge in [-0.1, -0.05) is 6.08 Å². The Hall–Kier alpha value is -0.510. The van der Waals surface area contributed by atoms with Gasteiger partial charge < -0.3 is 4.74 Å². The molecule has 0 N–H and O–H groups in total. The van der Waals surface area contributed by atoms with Crippen LogP contribution in [0.2, 0.25) is 0 Å². The monoisotopic (exact) mass is 301 g/mol. The van der Waals surface area contributed by atoms with Gasteiger partial charge in [0.1, 0.15) is 5.75 Å². The van der Waals surface area contributed by atoms with Crippen molar-refractivity contribution >= 4 is 22.6 Å². The van der Waals surface area contributed by atoms with Crippen LogP contribution in [0.4, 0.5) is 0 Å². The van der Waals surface area contributed by atoms with E-state index in [0.29, 0.717) is 6.61 Å². The summed E-state index contributed by atoms with van der Waals surface area (Å²) in [5, 5.41) is 0. The van der Waals surface area contributed by atoms with E-state index in [-0.39, 0.29) is 5.92 Å². The predicted octanol–water partition coefficient (Wildman–Crippen LogP) is 3.79. The number of ether oxygens (including phenoxy) is 1. The second kappa shape index (κ2) is 5.39. The highest BCUT2D eigenvalue weighted by molar-refractivity contribution is 14.1. The first-order valence-electron chi connectivity index (χ1n) is 4.57. The molecule has 0 saturated heterocycles. The van der Waals surface area contributed by atoms with Gasteiger partial charge in [0, 0.05) is 9.49 Å². The van der Waals surface area contributed by atoms with Crippen molar-refractivity contribution in [1.29, 1.82) is 0 Å². The quantitative estimate of drug-likeness (QED) is 0.607. The first kappa shape index (κ1) is 11.6. The number of rotatable bonds is 4. The standard InChI is InChI=1S/C12H14IO/c1-4-9(3)11-8-10(14-5-2)6-7-12(11)13/h4,6-9H,1,3,5H2,2H3. The maximum atomic E-state index is 5.43. The van der Waals surface area contributed by atoms with Crippen LogP contribution in [0.5, 0.6) is 5.75 Å². The number of benzene rings is 1. The predicted molar refractivity (Wildman–Crippen MR) is 68.6 cm³/mol. The molecule has 0 bridgehead atoms. The number of hydrogen-bond acceptors (Lipinski definition) is 1. The third-order valence-electron chi connectivity index (χ3n) is 1.96. The summed E-state index contributed by atoms with van der Waals surface area (Å²) in [6, 6.07) is 6.05. The summed E-state index contributed by atoms with van der Waals surface area (Å²) in [5.74, 6) is 1.03. The second-order valence-corrected chi connectivity index (χ2v) is 4.12. The van der Waals surface area contributed by atoms with E-state index in [4.69, 9.17) is 4.74 Å². The Morgan fingerprint density at radius 2 is 2.29 bits per heavy atom. The van der Waals surface area contributed by atoms with Gasteiger partial charge in [-0.15, -0.1) is 6.58 Å². The Bertz CT molecular complexity index is 320.